The molecule has 4 nitrogen and oxygen atoms in total. The Morgan fingerprint density at radius 3 is 2.70 bits per heavy atom. The number of nitrogens with zero attached hydrogens (tertiary/aromatic N) is 2. The second-order valence-electron chi connectivity index (χ2n) is 7.28. The van der Waals surface area contributed by atoms with Gasteiger partial charge in [-0.15, -0.1) is 11.3 Å². The quantitative estimate of drug-likeness (QED) is 0.607. The van der Waals surface area contributed by atoms with E-state index in [1.807, 2.05) is 30.3 Å². The first-order valence-electron chi connectivity index (χ1n) is 9.42. The molecule has 2 heterocycles. The zero-order valence-electron chi connectivity index (χ0n) is 15.7. The Labute approximate surface area is 163 Å². The Balaban J connectivity index is 1.67. The first-order chi connectivity index (χ1) is 13.1. The summed E-state index contributed by atoms with van der Waals surface area (Å²) in [5, 5.41) is 5.26. The number of hydrazone groups is 1. The van der Waals surface area contributed by atoms with Crippen LogP contribution in [0.4, 0.5) is 0 Å². The van der Waals surface area contributed by atoms with Crippen LogP contribution in [-0.2, 0) is 0 Å². The summed E-state index contributed by atoms with van der Waals surface area (Å²) in [6.07, 6.45) is 4.24. The zero-order valence-corrected chi connectivity index (χ0v) is 16.5. The Morgan fingerprint density at radius 2 is 1.96 bits per heavy atom. The summed E-state index contributed by atoms with van der Waals surface area (Å²) < 4.78 is 0. The highest BCUT2D eigenvalue weighted by Gasteiger charge is 2.16. The van der Waals surface area contributed by atoms with Gasteiger partial charge in [-0.25, -0.2) is 10.4 Å². The molecule has 1 aliphatic carbocycles. The number of amides is 1. The Bertz CT molecular complexity index is 1010. The van der Waals surface area contributed by atoms with Gasteiger partial charge in [0.25, 0.3) is 5.91 Å². The molecule has 0 unspecified atom stereocenters. The molecule has 1 aliphatic rings. The maximum absolute atomic E-state index is 12.9. The summed E-state index contributed by atoms with van der Waals surface area (Å²) in [5.74, 6) is 0.579. The third-order valence-electron chi connectivity index (χ3n) is 5.12. The molecule has 1 fully saturated rings. The number of benzene rings is 1. The predicted molar refractivity (Wildman–Crippen MR) is 112 cm³/mol. The van der Waals surface area contributed by atoms with Crippen LogP contribution in [0.15, 0.2) is 47.6 Å². The number of aryl methyl sites for hydroxylation is 1. The van der Waals surface area contributed by atoms with Crippen LogP contribution < -0.4 is 5.43 Å². The standard InChI is InChI=1S/C22H23N3OS/c1-14-7-10-16(11-8-14)24-25-22(26)18-13-20(21-12-9-15(2)27-21)23-19-6-4-3-5-17(18)19/h3-6,9,12-14H,7-8,10-11H2,1-2H3,(H,25,26). The van der Waals surface area contributed by atoms with Crippen molar-refractivity contribution < 1.29 is 4.79 Å². The molecule has 0 radical (unpaired) electrons. The number of para-hydroxylation sites is 1. The van der Waals surface area contributed by atoms with Crippen LogP contribution in [0.2, 0.25) is 0 Å². The molecule has 138 valence electrons. The highest BCUT2D eigenvalue weighted by Crippen LogP contribution is 2.30. The van der Waals surface area contributed by atoms with E-state index in [1.54, 1.807) is 11.3 Å². The van der Waals surface area contributed by atoms with Gasteiger partial charge in [-0.3, -0.25) is 4.79 Å². The summed E-state index contributed by atoms with van der Waals surface area (Å²) in [6.45, 7) is 4.34. The fraction of sp³-hybridized carbons (Fsp3) is 0.318. The molecular formula is C22H23N3OS. The summed E-state index contributed by atoms with van der Waals surface area (Å²) in [6, 6.07) is 13.8. The van der Waals surface area contributed by atoms with Crippen molar-refractivity contribution in [3.63, 3.8) is 0 Å². The van der Waals surface area contributed by atoms with Gasteiger partial charge in [0.15, 0.2) is 0 Å². The average Bonchev–Trinajstić information content (AvgIpc) is 3.13. The van der Waals surface area contributed by atoms with Gasteiger partial charge < -0.3 is 0 Å². The van der Waals surface area contributed by atoms with Crippen LogP contribution in [0.3, 0.4) is 0 Å². The molecule has 0 bridgehead atoms. The van der Waals surface area contributed by atoms with Crippen LogP contribution in [0, 0.1) is 12.8 Å². The summed E-state index contributed by atoms with van der Waals surface area (Å²) in [7, 11) is 0. The summed E-state index contributed by atoms with van der Waals surface area (Å²) >= 11 is 1.68. The molecule has 4 rings (SSSR count). The number of rotatable bonds is 3. The van der Waals surface area contributed by atoms with Crippen LogP contribution in [0.5, 0.6) is 0 Å². The minimum atomic E-state index is -0.172. The van der Waals surface area contributed by atoms with Crippen molar-refractivity contribution >= 4 is 33.9 Å². The number of hydrogen-bond acceptors (Lipinski definition) is 4. The lowest BCUT2D eigenvalue weighted by Crippen LogP contribution is -2.22. The molecule has 27 heavy (non-hydrogen) atoms. The highest BCUT2D eigenvalue weighted by molar-refractivity contribution is 7.15. The number of thiophene rings is 1. The third-order valence-corrected chi connectivity index (χ3v) is 6.14. The first-order valence-corrected chi connectivity index (χ1v) is 10.2. The molecule has 0 atom stereocenters. The minimum absolute atomic E-state index is 0.172. The van der Waals surface area contributed by atoms with Gasteiger partial charge in [-0.2, -0.15) is 5.10 Å². The van der Waals surface area contributed by atoms with E-state index in [0.29, 0.717) is 5.56 Å². The van der Waals surface area contributed by atoms with Gasteiger partial charge in [-0.05, 0) is 62.8 Å². The largest absolute Gasteiger partial charge is 0.272 e. The zero-order chi connectivity index (χ0) is 18.8. The van der Waals surface area contributed by atoms with E-state index in [1.165, 1.54) is 4.88 Å². The normalized spacial score (nSPS) is 17.1. The number of carbonyl (C=O) groups excluding carboxylic acids is 1. The van der Waals surface area contributed by atoms with E-state index in [-0.39, 0.29) is 5.91 Å². The average molecular weight is 378 g/mol. The topological polar surface area (TPSA) is 54.4 Å². The van der Waals surface area contributed by atoms with Crippen molar-refractivity contribution in [1.82, 2.24) is 10.4 Å². The molecule has 1 aromatic carbocycles. The number of fused-ring (bicyclic) bond motifs is 1. The van der Waals surface area contributed by atoms with Crippen molar-refractivity contribution in [2.24, 2.45) is 11.0 Å². The second kappa shape index (κ2) is 7.61. The lowest BCUT2D eigenvalue weighted by molar-refractivity contribution is 0.0956. The number of nitrogens with one attached hydrogen (secondary N) is 1. The third kappa shape index (κ3) is 3.93. The molecule has 2 aromatic heterocycles. The van der Waals surface area contributed by atoms with Crippen LogP contribution in [0.25, 0.3) is 21.5 Å². The maximum Gasteiger partial charge on any atom is 0.272 e. The van der Waals surface area contributed by atoms with Gasteiger partial charge in [0.2, 0.25) is 0 Å². The molecule has 3 aromatic rings. The smallest absolute Gasteiger partial charge is 0.267 e. The van der Waals surface area contributed by atoms with E-state index in [0.717, 1.165) is 58.8 Å². The number of aromatic nitrogens is 1. The van der Waals surface area contributed by atoms with E-state index in [4.69, 9.17) is 4.98 Å². The summed E-state index contributed by atoms with van der Waals surface area (Å²) in [5.41, 5.74) is 6.15. The van der Waals surface area contributed by atoms with Crippen LogP contribution in [0.1, 0.15) is 47.8 Å². The lowest BCUT2D eigenvalue weighted by atomic mass is 9.90. The Morgan fingerprint density at radius 1 is 1.19 bits per heavy atom. The van der Waals surface area contributed by atoms with Crippen molar-refractivity contribution in [2.45, 2.75) is 39.5 Å². The molecular weight excluding hydrogens is 354 g/mol. The van der Waals surface area contributed by atoms with Gasteiger partial charge in [0.05, 0.1) is 21.7 Å². The Kier molecular flexibility index (Phi) is 5.03. The van der Waals surface area contributed by atoms with Crippen molar-refractivity contribution in [3.05, 3.63) is 52.9 Å². The van der Waals surface area contributed by atoms with Crippen LogP contribution in [-0.4, -0.2) is 16.6 Å². The fourth-order valence-electron chi connectivity index (χ4n) is 3.46. The fourth-order valence-corrected chi connectivity index (χ4v) is 4.29. The monoisotopic (exact) mass is 377 g/mol. The highest BCUT2D eigenvalue weighted by atomic mass is 32.1. The number of hydrogen-bond donors (Lipinski definition) is 1. The first kappa shape index (κ1) is 17.9. The molecule has 1 amide bonds. The minimum Gasteiger partial charge on any atom is -0.267 e. The van der Waals surface area contributed by atoms with Crippen molar-refractivity contribution in [1.29, 1.82) is 0 Å². The summed E-state index contributed by atoms with van der Waals surface area (Å²) in [4.78, 5) is 20.0. The molecule has 0 aliphatic heterocycles. The molecule has 1 N–H and O–H groups in total. The second-order valence-corrected chi connectivity index (χ2v) is 8.57. The van der Waals surface area contributed by atoms with E-state index in [9.17, 15) is 4.79 Å². The van der Waals surface area contributed by atoms with E-state index >= 15 is 0 Å². The molecule has 5 heteroatoms. The van der Waals surface area contributed by atoms with Gasteiger partial charge in [0.1, 0.15) is 0 Å². The predicted octanol–water partition coefficient (Wildman–Crippen LogP) is 5.57. The lowest BCUT2D eigenvalue weighted by Gasteiger charge is -2.18. The van der Waals surface area contributed by atoms with Crippen molar-refractivity contribution in [3.8, 4) is 10.6 Å². The number of pyridine rings is 1. The number of carbonyl (C=O) groups is 1. The van der Waals surface area contributed by atoms with Gasteiger partial charge >= 0.3 is 0 Å². The Hall–Kier alpha value is -2.53. The van der Waals surface area contributed by atoms with E-state index in [2.05, 4.69) is 36.5 Å². The molecule has 1 saturated carbocycles. The van der Waals surface area contributed by atoms with Crippen molar-refractivity contribution in [2.75, 3.05) is 0 Å². The van der Waals surface area contributed by atoms with Gasteiger partial charge in [-0.1, -0.05) is 25.1 Å². The molecule has 0 saturated heterocycles. The maximum atomic E-state index is 12.9. The van der Waals surface area contributed by atoms with Crippen LogP contribution >= 0.6 is 11.3 Å². The van der Waals surface area contributed by atoms with Gasteiger partial charge in [0, 0.05) is 16.0 Å². The molecule has 0 spiro atoms. The SMILES string of the molecule is Cc1ccc(-c2cc(C(=O)NN=C3CCC(C)CC3)c3ccccc3n2)s1. The van der Waals surface area contributed by atoms with E-state index < -0.39 is 0 Å².